The normalized spacial score (nSPS) is 19.8. The minimum Gasteiger partial charge on any atom is -0.363 e. The molecule has 1 atom stereocenters. The summed E-state index contributed by atoms with van der Waals surface area (Å²) in [6, 6.07) is 8.27. The molecule has 1 aromatic rings. The van der Waals surface area contributed by atoms with Crippen molar-refractivity contribution < 1.29 is 0 Å². The fraction of sp³-hybridized carbons (Fsp3) is 0.250. The highest BCUT2D eigenvalue weighted by Gasteiger charge is 2.19. The Morgan fingerprint density at radius 2 is 2.15 bits per heavy atom. The van der Waals surface area contributed by atoms with Crippen molar-refractivity contribution in [3.05, 3.63) is 24.3 Å². The largest absolute Gasteiger partial charge is 0.363 e. The van der Waals surface area contributed by atoms with Gasteiger partial charge in [0, 0.05) is 11.9 Å². The van der Waals surface area contributed by atoms with Gasteiger partial charge in [-0.1, -0.05) is 12.1 Å². The lowest BCUT2D eigenvalue weighted by Gasteiger charge is -2.08. The van der Waals surface area contributed by atoms with E-state index in [0.717, 1.165) is 5.88 Å². The molecule has 0 aromatic heterocycles. The van der Waals surface area contributed by atoms with Gasteiger partial charge in [-0.3, -0.25) is 0 Å². The first-order chi connectivity index (χ1) is 5.83. The summed E-state index contributed by atoms with van der Waals surface area (Å²) in [6.07, 6.45) is 0. The Kier molecular flexibility index (Phi) is 3.30. The molecule has 72 valence electrons. The Morgan fingerprint density at radius 1 is 1.46 bits per heavy atom. The Bertz CT molecular complexity index is 340. The molecule has 1 unspecified atom stereocenters. The van der Waals surface area contributed by atoms with Crippen LogP contribution in [0, 0.1) is 0 Å². The van der Waals surface area contributed by atoms with Crippen molar-refractivity contribution in [2.24, 2.45) is 10.3 Å². The van der Waals surface area contributed by atoms with Crippen molar-refractivity contribution in [3.63, 3.8) is 0 Å². The average Bonchev–Trinajstić information content (AvgIpc) is 2.44. The van der Waals surface area contributed by atoms with Crippen LogP contribution in [0.3, 0.4) is 0 Å². The van der Waals surface area contributed by atoms with Gasteiger partial charge in [0.05, 0.1) is 11.6 Å². The number of halogens is 1. The Labute approximate surface area is 86.4 Å². The number of nitrogens with two attached hydrogens (primary N) is 1. The lowest BCUT2D eigenvalue weighted by Crippen LogP contribution is -2.14. The fourth-order valence-electron chi connectivity index (χ4n) is 1.38. The molecule has 3 nitrogen and oxygen atoms in total. The van der Waals surface area contributed by atoms with Crippen LogP contribution in [0.5, 0.6) is 0 Å². The van der Waals surface area contributed by atoms with Gasteiger partial charge in [0.2, 0.25) is 0 Å². The quantitative estimate of drug-likeness (QED) is 0.529. The highest BCUT2D eigenvalue weighted by atomic mass is 35.5. The summed E-state index contributed by atoms with van der Waals surface area (Å²) < 4.78 is 3.87. The second-order valence-electron chi connectivity index (χ2n) is 2.76. The predicted molar refractivity (Wildman–Crippen MR) is 59.2 cm³/mol. The SMILES string of the molecule is CN1C/S(=N\N)c2ccccc21.Cl. The van der Waals surface area contributed by atoms with E-state index in [0.29, 0.717) is 0 Å². The third-order valence-corrected chi connectivity index (χ3v) is 3.71. The number of rotatable bonds is 0. The summed E-state index contributed by atoms with van der Waals surface area (Å²) in [7, 11) is 1.96. The second kappa shape index (κ2) is 4.09. The van der Waals surface area contributed by atoms with Crippen LogP contribution in [-0.4, -0.2) is 12.9 Å². The smallest absolute Gasteiger partial charge is 0.0804 e. The number of para-hydroxylation sites is 1. The molecule has 1 aromatic carbocycles. The maximum Gasteiger partial charge on any atom is 0.0804 e. The molecule has 2 rings (SSSR count). The van der Waals surface area contributed by atoms with E-state index >= 15 is 0 Å². The molecule has 0 radical (unpaired) electrons. The zero-order valence-electron chi connectivity index (χ0n) is 7.30. The van der Waals surface area contributed by atoms with E-state index < -0.39 is 0 Å². The van der Waals surface area contributed by atoms with E-state index in [9.17, 15) is 0 Å². The third-order valence-electron chi connectivity index (χ3n) is 1.97. The van der Waals surface area contributed by atoms with Crippen LogP contribution < -0.4 is 10.7 Å². The summed E-state index contributed by atoms with van der Waals surface area (Å²) in [6.45, 7) is 0. The van der Waals surface area contributed by atoms with Crippen molar-refractivity contribution in [3.8, 4) is 0 Å². The molecule has 0 saturated carbocycles. The van der Waals surface area contributed by atoms with E-state index in [4.69, 9.17) is 5.84 Å². The van der Waals surface area contributed by atoms with E-state index in [1.807, 2.05) is 12.1 Å². The number of anilines is 1. The molecule has 0 bridgehead atoms. The van der Waals surface area contributed by atoms with Crippen LogP contribution in [0.4, 0.5) is 5.69 Å². The highest BCUT2D eigenvalue weighted by molar-refractivity contribution is 7.87. The molecular weight excluding hydrogens is 206 g/mol. The lowest BCUT2D eigenvalue weighted by molar-refractivity contribution is 1.10. The number of nitrogens with zero attached hydrogens (tertiary/aromatic N) is 2. The highest BCUT2D eigenvalue weighted by Crippen LogP contribution is 2.30. The maximum atomic E-state index is 5.32. The van der Waals surface area contributed by atoms with Gasteiger partial charge in [0.15, 0.2) is 0 Å². The van der Waals surface area contributed by atoms with E-state index in [1.165, 1.54) is 10.6 Å². The van der Waals surface area contributed by atoms with Gasteiger partial charge in [0.25, 0.3) is 0 Å². The molecule has 1 aliphatic heterocycles. The number of hydrogen-bond donors (Lipinski definition) is 1. The topological polar surface area (TPSA) is 41.6 Å². The van der Waals surface area contributed by atoms with Crippen molar-refractivity contribution in [2.75, 3.05) is 17.8 Å². The molecule has 0 fully saturated rings. The molecule has 0 amide bonds. The molecule has 2 N–H and O–H groups in total. The third kappa shape index (κ3) is 1.70. The number of fused-ring (bicyclic) bond motifs is 1. The monoisotopic (exact) mass is 217 g/mol. The van der Waals surface area contributed by atoms with Crippen molar-refractivity contribution >= 4 is 28.8 Å². The Balaban J connectivity index is 0.000000845. The van der Waals surface area contributed by atoms with Crippen LogP contribution in [0.2, 0.25) is 0 Å². The summed E-state index contributed by atoms with van der Waals surface area (Å²) >= 11 is 0. The fourth-order valence-corrected chi connectivity index (χ4v) is 2.91. The first-order valence-corrected chi connectivity index (χ1v) is 5.10. The van der Waals surface area contributed by atoms with Gasteiger partial charge in [-0.15, -0.1) is 12.4 Å². The maximum absolute atomic E-state index is 5.32. The summed E-state index contributed by atoms with van der Waals surface area (Å²) in [4.78, 5) is 3.46. The minimum absolute atomic E-state index is 0. The first kappa shape index (κ1) is 10.5. The van der Waals surface area contributed by atoms with Crippen LogP contribution in [0.15, 0.2) is 33.6 Å². The van der Waals surface area contributed by atoms with Gasteiger partial charge in [-0.25, -0.2) is 5.84 Å². The first-order valence-electron chi connectivity index (χ1n) is 3.75. The molecule has 0 spiro atoms. The predicted octanol–water partition coefficient (Wildman–Crippen LogP) is 1.55. The molecule has 5 heteroatoms. The van der Waals surface area contributed by atoms with Gasteiger partial charge < -0.3 is 4.90 Å². The van der Waals surface area contributed by atoms with Gasteiger partial charge in [-0.2, -0.15) is 4.47 Å². The summed E-state index contributed by atoms with van der Waals surface area (Å²) in [5.41, 5.74) is 1.26. The summed E-state index contributed by atoms with van der Waals surface area (Å²) in [5.74, 6) is 6.25. The van der Waals surface area contributed by atoms with E-state index in [-0.39, 0.29) is 23.1 Å². The Hall–Kier alpha value is -0.580. The van der Waals surface area contributed by atoms with Crippen LogP contribution in [0.25, 0.3) is 0 Å². The van der Waals surface area contributed by atoms with E-state index in [2.05, 4.69) is 28.6 Å². The average molecular weight is 218 g/mol. The molecule has 13 heavy (non-hydrogen) atoms. The van der Waals surface area contributed by atoms with Crippen molar-refractivity contribution in [1.29, 1.82) is 0 Å². The summed E-state index contributed by atoms with van der Waals surface area (Å²) in [5, 5.41) is 0. The molecule has 0 saturated heterocycles. The zero-order chi connectivity index (χ0) is 8.55. The van der Waals surface area contributed by atoms with E-state index in [1.54, 1.807) is 0 Å². The van der Waals surface area contributed by atoms with Crippen molar-refractivity contribution in [1.82, 2.24) is 0 Å². The number of hydrogen-bond acceptors (Lipinski definition) is 2. The van der Waals surface area contributed by atoms with Gasteiger partial charge >= 0.3 is 0 Å². The van der Waals surface area contributed by atoms with Crippen molar-refractivity contribution in [2.45, 2.75) is 4.90 Å². The second-order valence-corrected chi connectivity index (χ2v) is 4.40. The molecule has 1 heterocycles. The molecule has 0 aliphatic carbocycles. The molecule has 1 aliphatic rings. The van der Waals surface area contributed by atoms with Gasteiger partial charge in [0.1, 0.15) is 0 Å². The van der Waals surface area contributed by atoms with Crippen LogP contribution in [0.1, 0.15) is 0 Å². The standard InChI is InChI=1S/C8H11N3S.ClH/c1-11-6-12(10-9)8-5-3-2-4-7(8)11;/h2-5H,6,9H2,1H3;1H. The minimum atomic E-state index is -0.111. The Morgan fingerprint density at radius 3 is 2.85 bits per heavy atom. The zero-order valence-corrected chi connectivity index (χ0v) is 8.94. The van der Waals surface area contributed by atoms with Gasteiger partial charge in [-0.05, 0) is 22.8 Å². The van der Waals surface area contributed by atoms with Crippen LogP contribution in [-0.2, 0) is 10.7 Å². The van der Waals surface area contributed by atoms with Crippen LogP contribution >= 0.6 is 12.4 Å². The number of benzene rings is 1. The molecular formula is C8H12ClN3S. The lowest BCUT2D eigenvalue weighted by atomic mass is 10.3.